The zero-order chi connectivity index (χ0) is 14.8. The number of rotatable bonds is 10. The van der Waals surface area contributed by atoms with Crippen molar-refractivity contribution >= 4 is 0 Å². The highest BCUT2D eigenvalue weighted by Gasteiger charge is 2.09. The molecule has 0 aliphatic rings. The number of benzene rings is 1. The number of hydrogen-bond donors (Lipinski definition) is 1. The van der Waals surface area contributed by atoms with Crippen molar-refractivity contribution in [2.75, 3.05) is 19.8 Å². The smallest absolute Gasteiger partial charge is 0.161 e. The molecule has 0 saturated carbocycles. The van der Waals surface area contributed by atoms with Crippen molar-refractivity contribution < 1.29 is 9.47 Å². The molecular formula is C17H29NO2. The van der Waals surface area contributed by atoms with Gasteiger partial charge in [0.2, 0.25) is 0 Å². The van der Waals surface area contributed by atoms with Crippen LogP contribution in [-0.2, 0) is 6.42 Å². The molecule has 1 unspecified atom stereocenters. The van der Waals surface area contributed by atoms with Gasteiger partial charge >= 0.3 is 0 Å². The molecule has 1 aromatic carbocycles. The third-order valence-electron chi connectivity index (χ3n) is 3.18. The van der Waals surface area contributed by atoms with Crippen LogP contribution >= 0.6 is 0 Å². The zero-order valence-electron chi connectivity index (χ0n) is 13.2. The van der Waals surface area contributed by atoms with Gasteiger partial charge in [-0.3, -0.25) is 0 Å². The van der Waals surface area contributed by atoms with Crippen LogP contribution in [0.2, 0.25) is 0 Å². The van der Waals surface area contributed by atoms with E-state index in [-0.39, 0.29) is 0 Å². The van der Waals surface area contributed by atoms with Crippen molar-refractivity contribution in [2.45, 2.75) is 46.5 Å². The fourth-order valence-electron chi connectivity index (χ4n) is 2.12. The Labute approximate surface area is 123 Å². The molecule has 0 heterocycles. The lowest BCUT2D eigenvalue weighted by atomic mass is 9.98. The van der Waals surface area contributed by atoms with Crippen molar-refractivity contribution in [1.82, 2.24) is 0 Å². The molecular weight excluding hydrogens is 250 g/mol. The van der Waals surface area contributed by atoms with Crippen LogP contribution in [0.1, 0.15) is 45.6 Å². The summed E-state index contributed by atoms with van der Waals surface area (Å²) in [6, 6.07) is 6.29. The van der Waals surface area contributed by atoms with Gasteiger partial charge in [-0.15, -0.1) is 0 Å². The highest BCUT2D eigenvalue weighted by molar-refractivity contribution is 5.43. The summed E-state index contributed by atoms with van der Waals surface area (Å²) in [6.45, 7) is 8.66. The Balaban J connectivity index is 2.77. The van der Waals surface area contributed by atoms with Gasteiger partial charge in [-0.1, -0.05) is 26.8 Å². The zero-order valence-corrected chi connectivity index (χ0v) is 13.2. The lowest BCUT2D eigenvalue weighted by Gasteiger charge is -2.15. The minimum Gasteiger partial charge on any atom is -0.490 e. The van der Waals surface area contributed by atoms with Crippen molar-refractivity contribution in [3.8, 4) is 11.5 Å². The summed E-state index contributed by atoms with van der Waals surface area (Å²) in [7, 11) is 0. The Morgan fingerprint density at radius 2 is 1.70 bits per heavy atom. The summed E-state index contributed by atoms with van der Waals surface area (Å²) < 4.78 is 11.6. The van der Waals surface area contributed by atoms with E-state index < -0.39 is 0 Å². The maximum atomic E-state index is 5.82. The Bertz CT molecular complexity index is 379. The first-order chi connectivity index (χ1) is 9.71. The molecule has 2 N–H and O–H groups in total. The highest BCUT2D eigenvalue weighted by atomic mass is 16.5. The molecule has 0 fully saturated rings. The molecule has 1 aromatic rings. The van der Waals surface area contributed by atoms with Crippen LogP contribution in [0.3, 0.4) is 0 Å². The van der Waals surface area contributed by atoms with Gasteiger partial charge in [-0.25, -0.2) is 0 Å². The second-order valence-electron chi connectivity index (χ2n) is 5.36. The molecule has 3 nitrogen and oxygen atoms in total. The predicted octanol–water partition coefficient (Wildman–Crippen LogP) is 3.79. The lowest BCUT2D eigenvalue weighted by Crippen LogP contribution is -2.08. The van der Waals surface area contributed by atoms with Gasteiger partial charge in [0.25, 0.3) is 0 Å². The Morgan fingerprint density at radius 1 is 1.05 bits per heavy atom. The van der Waals surface area contributed by atoms with Crippen molar-refractivity contribution in [3.63, 3.8) is 0 Å². The van der Waals surface area contributed by atoms with E-state index in [9.17, 15) is 0 Å². The fourth-order valence-corrected chi connectivity index (χ4v) is 2.12. The molecule has 1 rings (SSSR count). The largest absolute Gasteiger partial charge is 0.490 e. The summed E-state index contributed by atoms with van der Waals surface area (Å²) in [5.41, 5.74) is 6.91. The van der Waals surface area contributed by atoms with Crippen LogP contribution in [-0.4, -0.2) is 19.8 Å². The maximum absolute atomic E-state index is 5.82. The molecule has 114 valence electrons. The van der Waals surface area contributed by atoms with Crippen LogP contribution in [0, 0.1) is 5.92 Å². The summed E-state index contributed by atoms with van der Waals surface area (Å²) in [4.78, 5) is 0. The molecule has 0 amide bonds. The van der Waals surface area contributed by atoms with E-state index in [1.54, 1.807) is 0 Å². The molecule has 0 aliphatic carbocycles. The van der Waals surface area contributed by atoms with E-state index in [4.69, 9.17) is 15.2 Å². The minimum atomic E-state index is 0.599. The van der Waals surface area contributed by atoms with Crippen LogP contribution in [0.5, 0.6) is 11.5 Å². The van der Waals surface area contributed by atoms with E-state index in [0.29, 0.717) is 5.92 Å². The standard InChI is InChI=1S/C17H29NO2/c1-4-10-19-16-7-6-15(12-14(3)8-9-18)13-17(16)20-11-5-2/h6-7,13-14H,4-5,8-12,18H2,1-3H3. The molecule has 3 heteroatoms. The summed E-state index contributed by atoms with van der Waals surface area (Å²) in [5, 5.41) is 0. The Morgan fingerprint density at radius 3 is 2.30 bits per heavy atom. The van der Waals surface area contributed by atoms with Gasteiger partial charge in [-0.05, 0) is 55.8 Å². The van der Waals surface area contributed by atoms with Gasteiger partial charge in [-0.2, -0.15) is 0 Å². The van der Waals surface area contributed by atoms with E-state index in [0.717, 1.165) is 56.9 Å². The molecule has 0 bridgehead atoms. The molecule has 20 heavy (non-hydrogen) atoms. The number of hydrogen-bond acceptors (Lipinski definition) is 3. The second kappa shape index (κ2) is 9.65. The van der Waals surface area contributed by atoms with Crippen LogP contribution in [0.4, 0.5) is 0 Å². The van der Waals surface area contributed by atoms with Gasteiger partial charge in [0.1, 0.15) is 0 Å². The van der Waals surface area contributed by atoms with Gasteiger partial charge in [0.05, 0.1) is 13.2 Å². The van der Waals surface area contributed by atoms with Gasteiger partial charge in [0.15, 0.2) is 11.5 Å². The van der Waals surface area contributed by atoms with Crippen LogP contribution < -0.4 is 15.2 Å². The Kier molecular flexibility index (Phi) is 8.12. The van der Waals surface area contributed by atoms with E-state index in [1.807, 2.05) is 6.07 Å². The first-order valence-electron chi connectivity index (χ1n) is 7.79. The Hall–Kier alpha value is -1.22. The average molecular weight is 279 g/mol. The quantitative estimate of drug-likeness (QED) is 0.708. The number of nitrogens with two attached hydrogens (primary N) is 1. The second-order valence-corrected chi connectivity index (χ2v) is 5.36. The van der Waals surface area contributed by atoms with Gasteiger partial charge in [0, 0.05) is 0 Å². The molecule has 0 radical (unpaired) electrons. The normalized spacial score (nSPS) is 12.2. The predicted molar refractivity (Wildman–Crippen MR) is 84.6 cm³/mol. The third-order valence-corrected chi connectivity index (χ3v) is 3.18. The van der Waals surface area contributed by atoms with Crippen molar-refractivity contribution in [1.29, 1.82) is 0 Å². The van der Waals surface area contributed by atoms with Crippen molar-refractivity contribution in [3.05, 3.63) is 23.8 Å². The maximum Gasteiger partial charge on any atom is 0.161 e. The van der Waals surface area contributed by atoms with Crippen molar-refractivity contribution in [2.24, 2.45) is 11.7 Å². The highest BCUT2D eigenvalue weighted by Crippen LogP contribution is 2.30. The molecule has 0 spiro atoms. The first kappa shape index (κ1) is 16.8. The minimum absolute atomic E-state index is 0.599. The SMILES string of the molecule is CCCOc1ccc(CC(C)CCN)cc1OCCC. The summed E-state index contributed by atoms with van der Waals surface area (Å²) >= 11 is 0. The van der Waals surface area contributed by atoms with Gasteiger partial charge < -0.3 is 15.2 Å². The lowest BCUT2D eigenvalue weighted by molar-refractivity contribution is 0.268. The van der Waals surface area contributed by atoms with Crippen LogP contribution in [0.25, 0.3) is 0 Å². The van der Waals surface area contributed by atoms with E-state index in [2.05, 4.69) is 32.9 Å². The molecule has 0 aromatic heterocycles. The molecule has 0 saturated heterocycles. The average Bonchev–Trinajstić information content (AvgIpc) is 2.44. The first-order valence-corrected chi connectivity index (χ1v) is 7.79. The third kappa shape index (κ3) is 5.83. The summed E-state index contributed by atoms with van der Waals surface area (Å²) in [6.07, 6.45) is 4.09. The monoisotopic (exact) mass is 279 g/mol. The van der Waals surface area contributed by atoms with E-state index in [1.165, 1.54) is 5.56 Å². The van der Waals surface area contributed by atoms with Crippen LogP contribution in [0.15, 0.2) is 18.2 Å². The van der Waals surface area contributed by atoms with E-state index >= 15 is 0 Å². The topological polar surface area (TPSA) is 44.5 Å². The molecule has 0 aliphatic heterocycles. The molecule has 1 atom stereocenters. The summed E-state index contributed by atoms with van der Waals surface area (Å²) in [5.74, 6) is 2.33. The fraction of sp³-hybridized carbons (Fsp3) is 0.647. The number of ether oxygens (including phenoxy) is 2.